The number of oxime groups is 1. The maximum absolute atomic E-state index is 16.0. The van der Waals surface area contributed by atoms with Crippen molar-refractivity contribution >= 4 is 98.8 Å². The van der Waals surface area contributed by atoms with E-state index < -0.39 is 81.6 Å². The van der Waals surface area contributed by atoms with Gasteiger partial charge in [0.2, 0.25) is 5.60 Å². The lowest BCUT2D eigenvalue weighted by molar-refractivity contribution is -0.933. The number of carbonyl (C=O) groups excluding carboxylic acids is 7. The zero-order chi connectivity index (χ0) is 87.6. The van der Waals surface area contributed by atoms with Crippen LogP contribution in [-0.4, -0.2) is 181 Å². The van der Waals surface area contributed by atoms with Gasteiger partial charge in [-0.25, -0.2) is 19.4 Å². The number of β-lactam (4-membered cyclic amide) rings is 1. The molecule has 3 aliphatic rings. The molecule has 648 valence electrons. The number of aromatic nitrogens is 1. The molecule has 1 aromatic heterocycles. The molecule has 3 N–H and O–H groups in total. The molecule has 5 amide bonds. The minimum absolute atomic E-state index is 0.00160. The van der Waals surface area contributed by atoms with Gasteiger partial charge < -0.3 is 81.7 Å². The van der Waals surface area contributed by atoms with Gasteiger partial charge in [-0.05, 0) is 181 Å². The van der Waals surface area contributed by atoms with Crippen LogP contribution in [0.5, 0.6) is 51.7 Å². The van der Waals surface area contributed by atoms with Crippen LogP contribution in [0.3, 0.4) is 0 Å². The van der Waals surface area contributed by atoms with Crippen molar-refractivity contribution in [2.45, 2.75) is 149 Å². The number of rotatable bonds is 38. The van der Waals surface area contributed by atoms with E-state index >= 15 is 14.4 Å². The van der Waals surface area contributed by atoms with Crippen molar-refractivity contribution in [3.05, 3.63) is 217 Å². The average Bonchev–Trinajstić information content (AvgIpc) is 0.921. The Morgan fingerprint density at radius 2 is 1.07 bits per heavy atom. The van der Waals surface area contributed by atoms with Crippen molar-refractivity contribution in [1.29, 1.82) is 0 Å². The molecule has 28 nitrogen and oxygen atoms in total. The van der Waals surface area contributed by atoms with Gasteiger partial charge in [0.05, 0.1) is 76.4 Å². The Morgan fingerprint density at radius 1 is 0.607 bits per heavy atom. The molecule has 3 atom stereocenters. The highest BCUT2D eigenvalue weighted by atomic mass is 35.5. The predicted octanol–water partition coefficient (Wildman–Crippen LogP) is 15.4. The third-order valence-corrected chi connectivity index (χ3v) is 23.1. The predicted molar refractivity (Wildman–Crippen MR) is 463 cm³/mol. The minimum Gasteiger partial charge on any atom is -0.497 e. The molecular weight excluding hydrogens is 1650 g/mol. The highest BCUT2D eigenvalue weighted by Gasteiger charge is 2.56. The highest BCUT2D eigenvalue weighted by Crippen LogP contribution is 2.45. The van der Waals surface area contributed by atoms with Gasteiger partial charge in [0, 0.05) is 42.6 Å². The van der Waals surface area contributed by atoms with E-state index in [1.54, 1.807) is 131 Å². The fraction of sp³-hybridized carbons (Fsp3) is 0.389. The summed E-state index contributed by atoms with van der Waals surface area (Å²) in [6, 6.07) is 41.2. The lowest BCUT2D eigenvalue weighted by Crippen LogP contribution is -2.71. The number of ether oxygens (including phenoxy) is 12. The van der Waals surface area contributed by atoms with Gasteiger partial charge in [-0.3, -0.25) is 29.4 Å². The molecule has 0 unspecified atom stereocenters. The number of carbonyl (C=O) groups is 7. The number of hydrogen-bond acceptors (Lipinski definition) is 24. The summed E-state index contributed by atoms with van der Waals surface area (Å²) in [6.45, 7) is 16.8. The number of benzene rings is 7. The monoisotopic (exact) mass is 1750 g/mol. The largest absolute Gasteiger partial charge is 0.497 e. The smallest absolute Gasteiger partial charge is 0.413 e. The second-order valence-electron chi connectivity index (χ2n) is 31.7. The molecule has 122 heavy (non-hydrogen) atoms. The Balaban J connectivity index is 0.904. The second kappa shape index (κ2) is 41.0. The molecule has 11 rings (SSSR count). The molecule has 32 heteroatoms. The first kappa shape index (κ1) is 91.3. The van der Waals surface area contributed by atoms with E-state index in [0.29, 0.717) is 63.2 Å². The topological polar surface area (TPSA) is 307 Å². The van der Waals surface area contributed by atoms with Crippen LogP contribution < -0.4 is 58.6 Å². The maximum atomic E-state index is 16.0. The van der Waals surface area contributed by atoms with Crippen molar-refractivity contribution in [2.75, 3.05) is 85.9 Å². The number of halogens is 2. The van der Waals surface area contributed by atoms with Crippen molar-refractivity contribution in [2.24, 2.45) is 5.16 Å². The molecule has 0 spiro atoms. The summed E-state index contributed by atoms with van der Waals surface area (Å²) in [7, 11) is 7.87. The second-order valence-corrected chi connectivity index (χ2v) is 34.5. The minimum atomic E-state index is -1.75. The SMILES string of the molecule is COc1ccc(COC(=O)C2=C(C[N+]3([C@H](C)CN(CCCNC(=O)c4ccc(OCc5ccc(OC)cc5)c(OCc5ccc(OC)cc5)c4Cl)C(=O)c4ccc(OCc5ccc(OC)cc5)c(OCc5ccc(OC)cc5)c4Cl)CCCC3)CS[C@@H]3[C@H](NC(=O)/C(=N\OC(C)(C)C(=O)OC(C)(C)C)c4csc(NC(=O)OC(C)(C)C)n4)C(=O)N23)cc1. The number of nitrogens with one attached hydrogen (secondary N) is 3. The Kier molecular flexibility index (Phi) is 30.7. The summed E-state index contributed by atoms with van der Waals surface area (Å²) in [5.74, 6) is 0.0736. The Hall–Kier alpha value is -11.4. The van der Waals surface area contributed by atoms with E-state index in [1.165, 1.54) is 35.9 Å². The summed E-state index contributed by atoms with van der Waals surface area (Å²) in [5.41, 5.74) is 0.572. The molecule has 2 saturated heterocycles. The average molecular weight is 1750 g/mol. The normalized spacial score (nSPS) is 15.3. The van der Waals surface area contributed by atoms with Gasteiger partial charge in [-0.1, -0.05) is 89.0 Å². The van der Waals surface area contributed by atoms with E-state index in [0.717, 1.165) is 46.4 Å². The van der Waals surface area contributed by atoms with Crippen LogP contribution in [-0.2, 0) is 71.3 Å². The van der Waals surface area contributed by atoms with Crippen LogP contribution in [0, 0.1) is 0 Å². The molecule has 0 saturated carbocycles. The number of anilines is 1. The summed E-state index contributed by atoms with van der Waals surface area (Å²) in [6.07, 6.45) is 0.945. The third-order valence-electron chi connectivity index (χ3n) is 20.2. The van der Waals surface area contributed by atoms with Crippen LogP contribution in [0.15, 0.2) is 167 Å². The Labute approximate surface area is 728 Å². The molecular formula is C90H103Cl2N8O20S2+. The van der Waals surface area contributed by atoms with Gasteiger partial charge >= 0.3 is 18.0 Å². The molecule has 0 aliphatic carbocycles. The van der Waals surface area contributed by atoms with E-state index in [9.17, 15) is 19.2 Å². The fourth-order valence-electron chi connectivity index (χ4n) is 13.6. The van der Waals surface area contributed by atoms with Crippen LogP contribution in [0.4, 0.5) is 9.93 Å². The number of thiazole rings is 1. The zero-order valence-electron chi connectivity index (χ0n) is 70.7. The summed E-state index contributed by atoms with van der Waals surface area (Å²) >= 11 is 17.0. The number of esters is 2. The quantitative estimate of drug-likeness (QED) is 0.00616. The number of quaternary nitrogens is 1. The number of methoxy groups -OCH3 is 5. The van der Waals surface area contributed by atoms with E-state index in [-0.39, 0.29) is 126 Å². The van der Waals surface area contributed by atoms with Crippen LogP contribution >= 0.6 is 46.3 Å². The van der Waals surface area contributed by atoms with Crippen molar-refractivity contribution in [1.82, 2.24) is 25.4 Å². The fourth-order valence-corrected chi connectivity index (χ4v) is 16.2. The van der Waals surface area contributed by atoms with Gasteiger partial charge in [-0.2, -0.15) is 0 Å². The van der Waals surface area contributed by atoms with Crippen LogP contribution in [0.1, 0.15) is 136 Å². The molecule has 7 aromatic carbocycles. The first-order valence-corrected chi connectivity index (χ1v) is 42.3. The van der Waals surface area contributed by atoms with Crippen molar-refractivity contribution < 1.29 is 99.7 Å². The third kappa shape index (κ3) is 23.6. The maximum Gasteiger partial charge on any atom is 0.413 e. The Morgan fingerprint density at radius 3 is 1.54 bits per heavy atom. The number of hydrogen-bond donors (Lipinski definition) is 3. The molecule has 0 bridgehead atoms. The van der Waals surface area contributed by atoms with Gasteiger partial charge in [0.25, 0.3) is 23.6 Å². The summed E-state index contributed by atoms with van der Waals surface area (Å²) in [5, 5.41) is 13.2. The first-order valence-electron chi connectivity index (χ1n) is 39.6. The van der Waals surface area contributed by atoms with Gasteiger partial charge in [0.15, 0.2) is 33.8 Å². The number of amides is 5. The number of fused-ring (bicyclic) bond motifs is 1. The molecule has 3 aliphatic heterocycles. The van der Waals surface area contributed by atoms with Gasteiger partial charge in [-0.15, -0.1) is 23.1 Å². The number of nitrogens with zero attached hydrogens (tertiary/aromatic N) is 5. The first-order chi connectivity index (χ1) is 58.3. The van der Waals surface area contributed by atoms with Crippen molar-refractivity contribution in [3.63, 3.8) is 0 Å². The standard InChI is InChI=1S/C90H102Cl2N8O20S2/c1-55(100(44-15-16-45-100)47-61-53-121-83-75(82(104)99(83)76(61)84(105)117-52-60-26-36-66(112-14)37-27-60)95-80(102)74(97-120-90(8,9)85(106)118-88(2,3)4)69-54-122-86(94-69)96-87(107)119-89(5,6)7)46-98(81(103)68-39-41-71(114-49-57-20-30-63(109-11)31-21-57)78(73(68)92)116-51-59-24-34-65(111-13)35-25-59)43-17-42-93-79(101)67-38-40-70(113-48-56-18-28-62(108-10)29-19-56)77(72(67)91)115-50-58-22-32-64(110-12)33-23-58/h18-41,54-55,75,83H,15-17,42-53H2,1-14H3,(H2-,93,94,95,96,101,102,107)/p+1/b97-74-/t55-,75-,83-/m1/s1. The lowest BCUT2D eigenvalue weighted by Gasteiger charge is -2.51. The van der Waals surface area contributed by atoms with Crippen LogP contribution in [0.25, 0.3) is 0 Å². The van der Waals surface area contributed by atoms with E-state index in [4.69, 9.17) is 84.9 Å². The van der Waals surface area contributed by atoms with Gasteiger partial charge in [0.1, 0.15) is 108 Å². The molecule has 2 fully saturated rings. The highest BCUT2D eigenvalue weighted by molar-refractivity contribution is 8.00. The summed E-state index contributed by atoms with van der Waals surface area (Å²) in [4.78, 5) is 116. The molecule has 8 aromatic rings. The molecule has 4 heterocycles. The van der Waals surface area contributed by atoms with E-state index in [2.05, 4.69) is 26.1 Å². The Bertz CT molecular complexity index is 5090. The van der Waals surface area contributed by atoms with Crippen molar-refractivity contribution in [3.8, 4) is 51.7 Å². The van der Waals surface area contributed by atoms with Crippen LogP contribution in [0.2, 0.25) is 10.0 Å². The lowest BCUT2D eigenvalue weighted by atomic mass is 10.0. The zero-order valence-corrected chi connectivity index (χ0v) is 73.9. The number of likely N-dealkylation sites (tertiary alicyclic amines) is 1. The molecule has 0 radical (unpaired) electrons. The van der Waals surface area contributed by atoms with E-state index in [1.807, 2.05) is 104 Å². The summed E-state index contributed by atoms with van der Waals surface area (Å²) < 4.78 is 70.3. The number of thioether (sulfide) groups is 1.